The van der Waals surface area contributed by atoms with Crippen molar-refractivity contribution in [2.75, 3.05) is 30.9 Å². The van der Waals surface area contributed by atoms with Crippen LogP contribution in [0.5, 0.6) is 0 Å². The third-order valence-electron chi connectivity index (χ3n) is 2.93. The maximum absolute atomic E-state index is 12.1. The molecule has 0 saturated heterocycles. The minimum absolute atomic E-state index is 0.242. The third kappa shape index (κ3) is 4.41. The van der Waals surface area contributed by atoms with Gasteiger partial charge in [0, 0.05) is 24.4 Å². The number of halogens is 1. The SMILES string of the molecule is COCCNc1cnc(C(=O)Nc2ccc(Cl)cc2C)cn1. The Morgan fingerprint density at radius 2 is 2.14 bits per heavy atom. The fourth-order valence-corrected chi connectivity index (χ4v) is 2.00. The first-order valence-electron chi connectivity index (χ1n) is 6.72. The standard InChI is InChI=1S/C15H17ClN4O2/c1-10-7-11(16)3-4-12(10)20-15(21)13-8-19-14(9-18-13)17-5-6-22-2/h3-4,7-9H,5-6H2,1-2H3,(H,17,19)(H,20,21). The molecule has 1 aromatic carbocycles. The van der Waals surface area contributed by atoms with E-state index in [1.807, 2.05) is 6.92 Å². The Morgan fingerprint density at radius 3 is 2.77 bits per heavy atom. The number of carbonyl (C=O) groups excluding carboxylic acids is 1. The van der Waals surface area contributed by atoms with E-state index in [1.54, 1.807) is 25.3 Å². The quantitative estimate of drug-likeness (QED) is 0.800. The molecular formula is C15H17ClN4O2. The van der Waals surface area contributed by atoms with Crippen molar-refractivity contribution in [2.45, 2.75) is 6.92 Å². The van der Waals surface area contributed by atoms with Crippen LogP contribution in [0.3, 0.4) is 0 Å². The molecule has 0 aliphatic rings. The highest BCUT2D eigenvalue weighted by atomic mass is 35.5. The lowest BCUT2D eigenvalue weighted by Crippen LogP contribution is -2.15. The molecule has 2 N–H and O–H groups in total. The monoisotopic (exact) mass is 320 g/mol. The van der Waals surface area contributed by atoms with Gasteiger partial charge in [-0.05, 0) is 30.7 Å². The molecule has 116 valence electrons. The van der Waals surface area contributed by atoms with Crippen molar-refractivity contribution in [3.8, 4) is 0 Å². The van der Waals surface area contributed by atoms with Crippen LogP contribution < -0.4 is 10.6 Å². The largest absolute Gasteiger partial charge is 0.383 e. The molecule has 0 bridgehead atoms. The minimum atomic E-state index is -0.318. The minimum Gasteiger partial charge on any atom is -0.383 e. The van der Waals surface area contributed by atoms with Crippen molar-refractivity contribution in [1.29, 1.82) is 0 Å². The van der Waals surface area contributed by atoms with Gasteiger partial charge in [0.25, 0.3) is 5.91 Å². The number of aromatic nitrogens is 2. The Bertz CT molecular complexity index is 646. The van der Waals surface area contributed by atoms with E-state index in [9.17, 15) is 4.79 Å². The molecule has 0 unspecified atom stereocenters. The summed E-state index contributed by atoms with van der Waals surface area (Å²) in [6.45, 7) is 3.07. The number of rotatable bonds is 6. The summed E-state index contributed by atoms with van der Waals surface area (Å²) < 4.78 is 4.93. The van der Waals surface area contributed by atoms with Gasteiger partial charge in [0.2, 0.25) is 0 Å². The second kappa shape index (κ2) is 7.72. The predicted molar refractivity (Wildman–Crippen MR) is 86.5 cm³/mol. The van der Waals surface area contributed by atoms with E-state index in [4.69, 9.17) is 16.3 Å². The molecule has 1 aromatic heterocycles. The van der Waals surface area contributed by atoms with Gasteiger partial charge in [-0.1, -0.05) is 11.6 Å². The Labute approximate surface area is 133 Å². The molecule has 0 aliphatic heterocycles. The maximum atomic E-state index is 12.1. The van der Waals surface area contributed by atoms with E-state index in [2.05, 4.69) is 20.6 Å². The lowest BCUT2D eigenvalue weighted by atomic mass is 10.2. The van der Waals surface area contributed by atoms with Gasteiger partial charge in [-0.3, -0.25) is 4.79 Å². The lowest BCUT2D eigenvalue weighted by Gasteiger charge is -2.09. The molecule has 6 nitrogen and oxygen atoms in total. The zero-order chi connectivity index (χ0) is 15.9. The van der Waals surface area contributed by atoms with Crippen LogP contribution in [0.15, 0.2) is 30.6 Å². The second-order valence-electron chi connectivity index (χ2n) is 4.62. The first-order chi connectivity index (χ1) is 10.6. The molecule has 0 aliphatic carbocycles. The van der Waals surface area contributed by atoms with Crippen molar-refractivity contribution in [3.63, 3.8) is 0 Å². The van der Waals surface area contributed by atoms with Crippen molar-refractivity contribution < 1.29 is 9.53 Å². The normalized spacial score (nSPS) is 10.3. The average molecular weight is 321 g/mol. The van der Waals surface area contributed by atoms with Crippen molar-refractivity contribution in [3.05, 3.63) is 46.9 Å². The highest BCUT2D eigenvalue weighted by Gasteiger charge is 2.10. The number of benzene rings is 1. The molecule has 0 radical (unpaired) electrons. The van der Waals surface area contributed by atoms with E-state index in [-0.39, 0.29) is 11.6 Å². The molecule has 0 atom stereocenters. The number of hydrogen-bond acceptors (Lipinski definition) is 5. The molecule has 1 heterocycles. The Morgan fingerprint density at radius 1 is 1.32 bits per heavy atom. The maximum Gasteiger partial charge on any atom is 0.275 e. The number of ether oxygens (including phenoxy) is 1. The summed E-state index contributed by atoms with van der Waals surface area (Å²) in [6.07, 6.45) is 2.94. The fourth-order valence-electron chi connectivity index (χ4n) is 1.77. The number of amides is 1. The van der Waals surface area contributed by atoms with Gasteiger partial charge in [0.1, 0.15) is 11.5 Å². The number of aryl methyl sites for hydroxylation is 1. The Balaban J connectivity index is 2.00. The predicted octanol–water partition coefficient (Wildman–Crippen LogP) is 2.75. The van der Waals surface area contributed by atoms with E-state index in [0.717, 1.165) is 5.56 Å². The van der Waals surface area contributed by atoms with Crippen LogP contribution in [0.25, 0.3) is 0 Å². The molecule has 2 rings (SSSR count). The van der Waals surface area contributed by atoms with E-state index in [1.165, 1.54) is 12.4 Å². The molecular weight excluding hydrogens is 304 g/mol. The van der Waals surface area contributed by atoms with Gasteiger partial charge >= 0.3 is 0 Å². The third-order valence-corrected chi connectivity index (χ3v) is 3.17. The topological polar surface area (TPSA) is 76.1 Å². The highest BCUT2D eigenvalue weighted by Crippen LogP contribution is 2.20. The number of anilines is 2. The van der Waals surface area contributed by atoms with E-state index in [0.29, 0.717) is 29.7 Å². The molecule has 0 spiro atoms. The first-order valence-corrected chi connectivity index (χ1v) is 7.10. The van der Waals surface area contributed by atoms with Crippen LogP contribution in [-0.2, 0) is 4.74 Å². The van der Waals surface area contributed by atoms with E-state index >= 15 is 0 Å². The zero-order valence-corrected chi connectivity index (χ0v) is 13.1. The fraction of sp³-hybridized carbons (Fsp3) is 0.267. The summed E-state index contributed by atoms with van der Waals surface area (Å²) in [4.78, 5) is 20.4. The number of carbonyl (C=O) groups is 1. The number of nitrogens with zero attached hydrogens (tertiary/aromatic N) is 2. The summed E-state index contributed by atoms with van der Waals surface area (Å²) in [5.74, 6) is 0.276. The molecule has 7 heteroatoms. The summed E-state index contributed by atoms with van der Waals surface area (Å²) in [5, 5.41) is 6.44. The van der Waals surface area contributed by atoms with Gasteiger partial charge < -0.3 is 15.4 Å². The molecule has 1 amide bonds. The number of nitrogens with one attached hydrogen (secondary N) is 2. The smallest absolute Gasteiger partial charge is 0.275 e. The first kappa shape index (κ1) is 16.2. The number of methoxy groups -OCH3 is 1. The lowest BCUT2D eigenvalue weighted by molar-refractivity contribution is 0.102. The summed E-state index contributed by atoms with van der Waals surface area (Å²) >= 11 is 5.89. The van der Waals surface area contributed by atoms with Crippen molar-refractivity contribution >= 4 is 29.0 Å². The van der Waals surface area contributed by atoms with Gasteiger partial charge in [0.05, 0.1) is 19.0 Å². The Kier molecular flexibility index (Phi) is 5.68. The molecule has 22 heavy (non-hydrogen) atoms. The van der Waals surface area contributed by atoms with Gasteiger partial charge in [0.15, 0.2) is 0 Å². The van der Waals surface area contributed by atoms with Crippen LogP contribution in [0, 0.1) is 6.92 Å². The Hall–Kier alpha value is -2.18. The number of hydrogen-bond donors (Lipinski definition) is 2. The van der Waals surface area contributed by atoms with Crippen LogP contribution in [0.1, 0.15) is 16.1 Å². The van der Waals surface area contributed by atoms with Crippen molar-refractivity contribution in [2.24, 2.45) is 0 Å². The van der Waals surface area contributed by atoms with Crippen LogP contribution in [0.4, 0.5) is 11.5 Å². The zero-order valence-electron chi connectivity index (χ0n) is 12.4. The summed E-state index contributed by atoms with van der Waals surface area (Å²) in [6, 6.07) is 5.26. The van der Waals surface area contributed by atoms with Crippen LogP contribution in [0.2, 0.25) is 5.02 Å². The molecule has 0 fully saturated rings. The van der Waals surface area contributed by atoms with E-state index < -0.39 is 0 Å². The molecule has 2 aromatic rings. The van der Waals surface area contributed by atoms with Gasteiger partial charge in [-0.15, -0.1) is 0 Å². The average Bonchev–Trinajstić information content (AvgIpc) is 2.51. The highest BCUT2D eigenvalue weighted by molar-refractivity contribution is 6.30. The summed E-state index contributed by atoms with van der Waals surface area (Å²) in [5.41, 5.74) is 1.82. The summed E-state index contributed by atoms with van der Waals surface area (Å²) in [7, 11) is 1.62. The van der Waals surface area contributed by atoms with Crippen LogP contribution >= 0.6 is 11.6 Å². The van der Waals surface area contributed by atoms with Gasteiger partial charge in [-0.25, -0.2) is 9.97 Å². The van der Waals surface area contributed by atoms with Gasteiger partial charge in [-0.2, -0.15) is 0 Å². The van der Waals surface area contributed by atoms with Crippen LogP contribution in [-0.4, -0.2) is 36.1 Å². The second-order valence-corrected chi connectivity index (χ2v) is 5.06. The van der Waals surface area contributed by atoms with Crippen molar-refractivity contribution in [1.82, 2.24) is 9.97 Å². The molecule has 0 saturated carbocycles.